The van der Waals surface area contributed by atoms with Crippen LogP contribution in [0.15, 0.2) is 0 Å². The maximum absolute atomic E-state index is 10.4. The van der Waals surface area contributed by atoms with Crippen LogP contribution in [-0.4, -0.2) is 22.9 Å². The summed E-state index contributed by atoms with van der Waals surface area (Å²) >= 11 is 0. The van der Waals surface area contributed by atoms with Crippen molar-refractivity contribution in [3.05, 3.63) is 0 Å². The Morgan fingerprint density at radius 2 is 0.524 bits per heavy atom. The molecule has 0 atom stereocenters. The fourth-order valence-corrected chi connectivity index (χ4v) is 6.56. The maximum atomic E-state index is 10.4. The second-order valence-electron chi connectivity index (χ2n) is 13.6. The first-order valence-corrected chi connectivity index (χ1v) is 19.7. The SMILES string of the molecule is CCCCCCCCCCCCCCCCCCC(CCCCCCCCCCCCCCCCCC)N(O)CC.Cl. The van der Waals surface area contributed by atoms with Crippen LogP contribution < -0.4 is 0 Å². The van der Waals surface area contributed by atoms with Crippen molar-refractivity contribution in [1.29, 1.82) is 0 Å². The highest BCUT2D eigenvalue weighted by molar-refractivity contribution is 5.85. The zero-order valence-electron chi connectivity index (χ0n) is 29.6. The summed E-state index contributed by atoms with van der Waals surface area (Å²) in [5.41, 5.74) is 0. The average Bonchev–Trinajstić information content (AvgIpc) is 2.99. The molecule has 1 N–H and O–H groups in total. The Hall–Kier alpha value is 0.210. The van der Waals surface area contributed by atoms with Crippen LogP contribution in [0.25, 0.3) is 0 Å². The molecule has 0 heterocycles. The first kappa shape index (κ1) is 44.3. The topological polar surface area (TPSA) is 23.5 Å². The van der Waals surface area contributed by atoms with Gasteiger partial charge in [-0.1, -0.05) is 226 Å². The number of unbranched alkanes of at least 4 members (excludes halogenated alkanes) is 30. The van der Waals surface area contributed by atoms with E-state index in [-0.39, 0.29) is 12.4 Å². The molecule has 0 unspecified atom stereocenters. The van der Waals surface area contributed by atoms with E-state index < -0.39 is 0 Å². The molecule has 0 rings (SSSR count). The Bertz CT molecular complexity index is 424. The van der Waals surface area contributed by atoms with Gasteiger partial charge in [0.25, 0.3) is 0 Å². The number of nitrogens with zero attached hydrogens (tertiary/aromatic N) is 1. The highest BCUT2D eigenvalue weighted by atomic mass is 35.5. The standard InChI is InChI=1S/C39H81NO.ClH/c1-4-7-9-11-13-15-17-19-21-23-25-27-29-31-33-35-37-39(40(41)6-3)38-36-34-32-30-28-26-24-22-20-18-16-14-12-10-8-5-2;/h39,41H,4-38H2,1-3H3;1H. The smallest absolute Gasteiger partial charge is 0.0350 e. The van der Waals surface area contributed by atoms with Crippen LogP contribution in [0, 0.1) is 0 Å². The molecule has 0 bridgehead atoms. The summed E-state index contributed by atoms with van der Waals surface area (Å²) in [4.78, 5) is 0. The van der Waals surface area contributed by atoms with Crippen LogP contribution in [0.4, 0.5) is 0 Å². The van der Waals surface area contributed by atoms with E-state index in [0.717, 1.165) is 6.54 Å². The molecule has 0 aromatic rings. The van der Waals surface area contributed by atoms with Crippen molar-refractivity contribution in [2.45, 2.75) is 245 Å². The first-order valence-electron chi connectivity index (χ1n) is 19.7. The Morgan fingerprint density at radius 3 is 0.714 bits per heavy atom. The lowest BCUT2D eigenvalue weighted by Crippen LogP contribution is -2.32. The van der Waals surface area contributed by atoms with Gasteiger partial charge in [-0.3, -0.25) is 0 Å². The number of hydrogen-bond acceptors (Lipinski definition) is 2. The molecular formula is C39H82ClNO. The third-order valence-corrected chi connectivity index (χ3v) is 9.53. The van der Waals surface area contributed by atoms with Crippen molar-refractivity contribution >= 4 is 12.4 Å². The molecule has 0 spiro atoms. The molecule has 0 aromatic carbocycles. The molecule has 0 fully saturated rings. The van der Waals surface area contributed by atoms with E-state index in [1.165, 1.54) is 218 Å². The zero-order valence-corrected chi connectivity index (χ0v) is 30.4. The molecule has 0 aromatic heterocycles. The predicted octanol–water partition coefficient (Wildman–Crippen LogP) is 14.8. The Labute approximate surface area is 273 Å². The Balaban J connectivity index is 0. The van der Waals surface area contributed by atoms with Crippen LogP contribution in [0.3, 0.4) is 0 Å². The number of hydroxylamine groups is 2. The molecule has 0 saturated carbocycles. The summed E-state index contributed by atoms with van der Waals surface area (Å²) in [6, 6.07) is 0.387. The summed E-state index contributed by atoms with van der Waals surface area (Å²) in [5.74, 6) is 0. The highest BCUT2D eigenvalue weighted by Gasteiger charge is 2.14. The molecule has 0 radical (unpaired) electrons. The minimum absolute atomic E-state index is 0. The van der Waals surface area contributed by atoms with Crippen molar-refractivity contribution in [2.24, 2.45) is 0 Å². The largest absolute Gasteiger partial charge is 0.314 e. The van der Waals surface area contributed by atoms with Crippen molar-refractivity contribution < 1.29 is 5.21 Å². The normalized spacial score (nSPS) is 11.6. The van der Waals surface area contributed by atoms with E-state index in [2.05, 4.69) is 20.8 Å². The van der Waals surface area contributed by atoms with E-state index in [9.17, 15) is 5.21 Å². The van der Waals surface area contributed by atoms with Gasteiger partial charge in [0.2, 0.25) is 0 Å². The van der Waals surface area contributed by atoms with Gasteiger partial charge in [-0.15, -0.1) is 12.4 Å². The van der Waals surface area contributed by atoms with Crippen molar-refractivity contribution in [2.75, 3.05) is 6.54 Å². The Kier molecular flexibility index (Phi) is 41.4. The lowest BCUT2D eigenvalue weighted by molar-refractivity contribution is -0.127. The molecule has 0 aliphatic heterocycles. The second-order valence-corrected chi connectivity index (χ2v) is 13.6. The lowest BCUT2D eigenvalue weighted by atomic mass is 9.99. The first-order chi connectivity index (χ1) is 20.3. The molecule has 0 saturated heterocycles. The van der Waals surface area contributed by atoms with Crippen molar-refractivity contribution in [3.8, 4) is 0 Å². The van der Waals surface area contributed by atoms with E-state index >= 15 is 0 Å². The van der Waals surface area contributed by atoms with Gasteiger partial charge in [0, 0.05) is 12.6 Å². The van der Waals surface area contributed by atoms with Gasteiger partial charge in [-0.05, 0) is 12.8 Å². The quantitative estimate of drug-likeness (QED) is 0.0559. The highest BCUT2D eigenvalue weighted by Crippen LogP contribution is 2.19. The Morgan fingerprint density at radius 1 is 0.333 bits per heavy atom. The van der Waals surface area contributed by atoms with Gasteiger partial charge in [0.1, 0.15) is 0 Å². The third-order valence-electron chi connectivity index (χ3n) is 9.53. The maximum Gasteiger partial charge on any atom is 0.0350 e. The van der Waals surface area contributed by atoms with Crippen LogP contribution in [-0.2, 0) is 0 Å². The number of hydrogen-bond donors (Lipinski definition) is 1. The van der Waals surface area contributed by atoms with E-state index in [1.54, 1.807) is 5.06 Å². The molecule has 0 aliphatic rings. The summed E-state index contributed by atoms with van der Waals surface area (Å²) < 4.78 is 0. The van der Waals surface area contributed by atoms with Crippen LogP contribution in [0.2, 0.25) is 0 Å². The minimum Gasteiger partial charge on any atom is -0.314 e. The summed E-state index contributed by atoms with van der Waals surface area (Å²) in [6.07, 6.45) is 47.9. The second kappa shape index (κ2) is 39.2. The third kappa shape index (κ3) is 34.7. The molecule has 2 nitrogen and oxygen atoms in total. The predicted molar refractivity (Wildman–Crippen MR) is 194 cm³/mol. The monoisotopic (exact) mass is 616 g/mol. The summed E-state index contributed by atoms with van der Waals surface area (Å²) in [6.45, 7) is 7.46. The minimum atomic E-state index is 0. The van der Waals surface area contributed by atoms with Crippen LogP contribution in [0.5, 0.6) is 0 Å². The lowest BCUT2D eigenvalue weighted by Gasteiger charge is -2.25. The molecule has 3 heteroatoms. The van der Waals surface area contributed by atoms with E-state index in [4.69, 9.17) is 0 Å². The van der Waals surface area contributed by atoms with Gasteiger partial charge < -0.3 is 5.21 Å². The molecule has 0 amide bonds. The average molecular weight is 617 g/mol. The van der Waals surface area contributed by atoms with Gasteiger partial charge in [0.15, 0.2) is 0 Å². The molecule has 0 aliphatic carbocycles. The van der Waals surface area contributed by atoms with Gasteiger partial charge in [-0.2, -0.15) is 5.06 Å². The van der Waals surface area contributed by atoms with Gasteiger partial charge in [-0.25, -0.2) is 0 Å². The van der Waals surface area contributed by atoms with E-state index in [0.29, 0.717) is 6.04 Å². The van der Waals surface area contributed by atoms with Gasteiger partial charge in [0.05, 0.1) is 0 Å². The van der Waals surface area contributed by atoms with Crippen molar-refractivity contribution in [1.82, 2.24) is 5.06 Å². The number of rotatable bonds is 36. The fraction of sp³-hybridized carbons (Fsp3) is 1.00. The van der Waals surface area contributed by atoms with Crippen LogP contribution >= 0.6 is 12.4 Å². The summed E-state index contributed by atoms with van der Waals surface area (Å²) in [5, 5.41) is 12.0. The molecule has 256 valence electrons. The zero-order chi connectivity index (χ0) is 29.9. The van der Waals surface area contributed by atoms with Gasteiger partial charge >= 0.3 is 0 Å². The fourth-order valence-electron chi connectivity index (χ4n) is 6.56. The van der Waals surface area contributed by atoms with E-state index in [1.807, 2.05) is 0 Å². The summed E-state index contributed by atoms with van der Waals surface area (Å²) in [7, 11) is 0. The molecular weight excluding hydrogens is 534 g/mol. The number of halogens is 1. The molecule has 42 heavy (non-hydrogen) atoms. The van der Waals surface area contributed by atoms with Crippen LogP contribution in [0.1, 0.15) is 239 Å². The van der Waals surface area contributed by atoms with Crippen molar-refractivity contribution in [3.63, 3.8) is 0 Å².